The van der Waals surface area contributed by atoms with Gasteiger partial charge in [-0.3, -0.25) is 20.2 Å². The Bertz CT molecular complexity index is 1090. The number of carbonyl (C=O) groups is 1. The molecule has 30 heavy (non-hydrogen) atoms. The van der Waals surface area contributed by atoms with Crippen LogP contribution in [0.5, 0.6) is 11.5 Å². The first-order valence-corrected chi connectivity index (χ1v) is 9.72. The van der Waals surface area contributed by atoms with Crippen molar-refractivity contribution >= 4 is 28.1 Å². The first-order valence-electron chi connectivity index (χ1n) is 8.91. The highest BCUT2D eigenvalue weighted by Gasteiger charge is 2.25. The van der Waals surface area contributed by atoms with Gasteiger partial charge in [-0.05, 0) is 24.6 Å². The van der Waals surface area contributed by atoms with Crippen LogP contribution in [0.1, 0.15) is 27.7 Å². The topological polar surface area (TPSA) is 104 Å². The highest BCUT2D eigenvalue weighted by Crippen LogP contribution is 2.35. The van der Waals surface area contributed by atoms with Gasteiger partial charge in [-0.2, -0.15) is 0 Å². The fourth-order valence-corrected chi connectivity index (χ4v) is 3.61. The number of thiazole rings is 1. The van der Waals surface area contributed by atoms with Gasteiger partial charge in [0.2, 0.25) is 0 Å². The number of benzene rings is 2. The summed E-state index contributed by atoms with van der Waals surface area (Å²) in [6, 6.07) is 8.62. The number of nitro benzene ring substituents is 1. The summed E-state index contributed by atoms with van der Waals surface area (Å²) in [6.45, 7) is 2.04. The number of nitrogens with zero attached hydrogens (tertiary/aromatic N) is 2. The van der Waals surface area contributed by atoms with Crippen molar-refractivity contribution in [2.45, 2.75) is 13.3 Å². The second kappa shape index (κ2) is 9.31. The minimum Gasteiger partial charge on any atom is -0.493 e. The molecule has 1 aromatic heterocycles. The van der Waals surface area contributed by atoms with Crippen LogP contribution in [0.3, 0.4) is 0 Å². The van der Waals surface area contributed by atoms with Crippen molar-refractivity contribution in [2.24, 2.45) is 0 Å². The summed E-state index contributed by atoms with van der Waals surface area (Å²) in [7, 11) is 1.36. The SMILES string of the molecule is CCOc1cc(C(=O)Nc2ncc(Cc3cccc(F)c3)s2)c([N+](=O)[O-])cc1OC. The molecule has 3 aromatic rings. The lowest BCUT2D eigenvalue weighted by Crippen LogP contribution is -2.14. The van der Waals surface area contributed by atoms with Gasteiger partial charge >= 0.3 is 0 Å². The predicted octanol–water partition coefficient (Wildman–Crippen LogP) is 4.44. The highest BCUT2D eigenvalue weighted by molar-refractivity contribution is 7.15. The Morgan fingerprint density at radius 1 is 1.30 bits per heavy atom. The average molecular weight is 431 g/mol. The van der Waals surface area contributed by atoms with Crippen molar-refractivity contribution in [3.63, 3.8) is 0 Å². The van der Waals surface area contributed by atoms with Gasteiger partial charge in [-0.15, -0.1) is 11.3 Å². The molecule has 0 saturated carbocycles. The molecule has 0 spiro atoms. The fraction of sp³-hybridized carbons (Fsp3) is 0.200. The van der Waals surface area contributed by atoms with E-state index in [2.05, 4.69) is 10.3 Å². The number of aromatic nitrogens is 1. The lowest BCUT2D eigenvalue weighted by Gasteiger charge is -2.11. The molecule has 1 N–H and O–H groups in total. The Kier molecular flexibility index (Phi) is 6.58. The normalized spacial score (nSPS) is 10.5. The van der Waals surface area contributed by atoms with Crippen LogP contribution in [0.25, 0.3) is 0 Å². The molecule has 0 aliphatic rings. The number of ether oxygens (including phenoxy) is 2. The molecule has 0 aliphatic heterocycles. The number of anilines is 1. The number of carbonyl (C=O) groups excluding carboxylic acids is 1. The zero-order valence-electron chi connectivity index (χ0n) is 16.2. The summed E-state index contributed by atoms with van der Waals surface area (Å²) >= 11 is 1.20. The third kappa shape index (κ3) is 4.90. The first kappa shape index (κ1) is 21.2. The summed E-state index contributed by atoms with van der Waals surface area (Å²) in [6.07, 6.45) is 2.02. The molecule has 0 bridgehead atoms. The molecule has 156 valence electrons. The number of nitro groups is 1. The predicted molar refractivity (Wildman–Crippen MR) is 110 cm³/mol. The minimum atomic E-state index is -0.697. The number of halogens is 1. The first-order chi connectivity index (χ1) is 14.4. The Balaban J connectivity index is 1.82. The number of rotatable bonds is 8. The molecular weight excluding hydrogens is 413 g/mol. The second-order valence-corrected chi connectivity index (χ2v) is 7.22. The molecule has 2 aromatic carbocycles. The number of methoxy groups -OCH3 is 1. The van der Waals surface area contributed by atoms with Crippen LogP contribution in [-0.4, -0.2) is 29.5 Å². The molecule has 0 fully saturated rings. The zero-order chi connectivity index (χ0) is 21.7. The van der Waals surface area contributed by atoms with Crippen LogP contribution in [0.4, 0.5) is 15.2 Å². The lowest BCUT2D eigenvalue weighted by atomic mass is 10.1. The van der Waals surface area contributed by atoms with E-state index in [-0.39, 0.29) is 28.0 Å². The van der Waals surface area contributed by atoms with Crippen LogP contribution in [0.15, 0.2) is 42.6 Å². The van der Waals surface area contributed by atoms with Gasteiger partial charge in [0.1, 0.15) is 11.4 Å². The Labute approximate surface area is 175 Å². The minimum absolute atomic E-state index is 0.159. The van der Waals surface area contributed by atoms with Crippen LogP contribution in [-0.2, 0) is 6.42 Å². The molecule has 1 heterocycles. The van der Waals surface area contributed by atoms with Crippen molar-refractivity contribution in [1.82, 2.24) is 4.98 Å². The van der Waals surface area contributed by atoms with E-state index in [9.17, 15) is 19.3 Å². The van der Waals surface area contributed by atoms with Gasteiger partial charge in [0.25, 0.3) is 11.6 Å². The van der Waals surface area contributed by atoms with Crippen LogP contribution in [0, 0.1) is 15.9 Å². The van der Waals surface area contributed by atoms with E-state index in [1.165, 1.54) is 36.6 Å². The van der Waals surface area contributed by atoms with E-state index >= 15 is 0 Å². The van der Waals surface area contributed by atoms with Crippen LogP contribution >= 0.6 is 11.3 Å². The van der Waals surface area contributed by atoms with Gasteiger partial charge in [0.05, 0.1) is 24.7 Å². The number of amides is 1. The zero-order valence-corrected chi connectivity index (χ0v) is 17.0. The molecule has 0 radical (unpaired) electrons. The third-order valence-corrected chi connectivity index (χ3v) is 4.98. The molecule has 8 nitrogen and oxygen atoms in total. The van der Waals surface area contributed by atoms with E-state index in [1.807, 2.05) is 0 Å². The standard InChI is InChI=1S/C20H18FN3O5S/c1-3-29-18-9-15(16(24(26)27)10-17(18)28-2)19(25)23-20-22-11-14(30-20)8-12-5-4-6-13(21)7-12/h4-7,9-11H,3,8H2,1-2H3,(H,22,23,25). The van der Waals surface area contributed by atoms with E-state index in [1.54, 1.807) is 25.3 Å². The van der Waals surface area contributed by atoms with Crippen molar-refractivity contribution in [1.29, 1.82) is 0 Å². The number of hydrogen-bond acceptors (Lipinski definition) is 7. The Morgan fingerprint density at radius 3 is 2.77 bits per heavy atom. The maximum atomic E-state index is 13.3. The van der Waals surface area contributed by atoms with Gasteiger partial charge < -0.3 is 9.47 Å². The van der Waals surface area contributed by atoms with Crippen molar-refractivity contribution in [2.75, 3.05) is 19.0 Å². The van der Waals surface area contributed by atoms with Crippen LogP contribution in [0.2, 0.25) is 0 Å². The molecule has 0 saturated heterocycles. The third-order valence-electron chi connectivity index (χ3n) is 4.06. The summed E-state index contributed by atoms with van der Waals surface area (Å²) in [4.78, 5) is 28.4. The number of nitrogens with one attached hydrogen (secondary N) is 1. The number of hydrogen-bond donors (Lipinski definition) is 1. The summed E-state index contributed by atoms with van der Waals surface area (Å²) in [5.41, 5.74) is 0.180. The molecule has 1 amide bonds. The van der Waals surface area contributed by atoms with E-state index in [4.69, 9.17) is 9.47 Å². The summed E-state index contributed by atoms with van der Waals surface area (Å²) in [5.74, 6) is -0.646. The molecule has 0 unspecified atom stereocenters. The van der Waals surface area contributed by atoms with Crippen molar-refractivity contribution in [3.8, 4) is 11.5 Å². The van der Waals surface area contributed by atoms with Crippen molar-refractivity contribution < 1.29 is 23.6 Å². The summed E-state index contributed by atoms with van der Waals surface area (Å²) < 4.78 is 23.9. The smallest absolute Gasteiger partial charge is 0.286 e. The van der Waals surface area contributed by atoms with E-state index in [0.717, 1.165) is 16.5 Å². The maximum absolute atomic E-state index is 13.3. The van der Waals surface area contributed by atoms with Gasteiger partial charge in [0.15, 0.2) is 16.6 Å². The monoisotopic (exact) mass is 431 g/mol. The quantitative estimate of drug-likeness (QED) is 0.418. The largest absolute Gasteiger partial charge is 0.493 e. The van der Waals surface area contributed by atoms with Gasteiger partial charge in [-0.1, -0.05) is 12.1 Å². The molecular formula is C20H18FN3O5S. The Morgan fingerprint density at radius 2 is 2.10 bits per heavy atom. The Hall–Kier alpha value is -3.53. The molecule has 10 heteroatoms. The molecule has 0 aliphatic carbocycles. The van der Waals surface area contributed by atoms with E-state index < -0.39 is 16.5 Å². The average Bonchev–Trinajstić information content (AvgIpc) is 3.14. The lowest BCUT2D eigenvalue weighted by molar-refractivity contribution is -0.385. The molecule has 3 rings (SSSR count). The fourth-order valence-electron chi connectivity index (χ4n) is 2.77. The van der Waals surface area contributed by atoms with Gasteiger partial charge in [0, 0.05) is 23.6 Å². The summed E-state index contributed by atoms with van der Waals surface area (Å²) in [5, 5.41) is 14.3. The van der Waals surface area contributed by atoms with Crippen LogP contribution < -0.4 is 14.8 Å². The maximum Gasteiger partial charge on any atom is 0.286 e. The highest BCUT2D eigenvalue weighted by atomic mass is 32.1. The van der Waals surface area contributed by atoms with Gasteiger partial charge in [-0.25, -0.2) is 9.37 Å². The van der Waals surface area contributed by atoms with Crippen molar-refractivity contribution in [3.05, 3.63) is 74.5 Å². The van der Waals surface area contributed by atoms with E-state index in [0.29, 0.717) is 13.0 Å². The molecule has 0 atom stereocenters. The second-order valence-electron chi connectivity index (χ2n) is 6.10.